The molecule has 4 heteroatoms. The van der Waals surface area contributed by atoms with Gasteiger partial charge in [-0.3, -0.25) is 10.1 Å². The summed E-state index contributed by atoms with van der Waals surface area (Å²) in [7, 11) is 0. The number of nitrogens with one attached hydrogen (secondary N) is 1. The molecule has 1 aliphatic carbocycles. The summed E-state index contributed by atoms with van der Waals surface area (Å²) in [5.74, 6) is 0.553. The molecule has 134 valence electrons. The number of carbonyl (C=O) groups is 1. The van der Waals surface area contributed by atoms with Crippen molar-refractivity contribution in [3.8, 4) is 0 Å². The first-order chi connectivity index (χ1) is 12.0. The zero-order valence-electron chi connectivity index (χ0n) is 15.2. The molecule has 4 rings (SSSR count). The number of hydrogen-bond donors (Lipinski definition) is 2. The van der Waals surface area contributed by atoms with E-state index in [1.165, 1.54) is 41.3 Å². The molecule has 0 saturated heterocycles. The Hall–Kier alpha value is -1.81. The number of aliphatic carboxylic acids is 1. The number of carboxylic acid groups (broad SMARTS) is 1. The summed E-state index contributed by atoms with van der Waals surface area (Å²) >= 11 is 0. The number of benzene rings is 1. The molecule has 1 aromatic heterocycles. The topological polar surface area (TPSA) is 54.3 Å². The molecule has 2 aromatic rings. The van der Waals surface area contributed by atoms with Gasteiger partial charge < -0.3 is 9.67 Å². The lowest BCUT2D eigenvalue weighted by Gasteiger charge is -2.26. The van der Waals surface area contributed by atoms with Gasteiger partial charge in [-0.05, 0) is 48.3 Å². The van der Waals surface area contributed by atoms with Gasteiger partial charge in [-0.2, -0.15) is 0 Å². The highest BCUT2D eigenvalue weighted by Gasteiger charge is 2.31. The first-order valence-electron chi connectivity index (χ1n) is 9.62. The SMILES string of the molecule is CC(C)C[C@@H]1N[C@H](C(=O)O)Cc2cn(CC3CCC3)c3cccc1c23. The van der Waals surface area contributed by atoms with Gasteiger partial charge in [-0.1, -0.05) is 32.4 Å². The fourth-order valence-electron chi connectivity index (χ4n) is 4.46. The standard InChI is InChI=1S/C21H28N2O2/c1-13(2)9-17-16-7-4-8-19-20(16)15(10-18(22-17)21(24)25)12-23(19)11-14-5-3-6-14/h4,7-8,12-14,17-18,22H,3,5-6,9-11H2,1-2H3,(H,24,25)/t17-,18-/m0/s1. The van der Waals surface area contributed by atoms with Crippen LogP contribution in [-0.2, 0) is 17.8 Å². The molecule has 1 aromatic carbocycles. The van der Waals surface area contributed by atoms with E-state index < -0.39 is 12.0 Å². The van der Waals surface area contributed by atoms with Gasteiger partial charge in [-0.25, -0.2) is 0 Å². The predicted molar refractivity (Wildman–Crippen MR) is 99.7 cm³/mol. The highest BCUT2D eigenvalue weighted by atomic mass is 16.4. The Bertz CT molecular complexity index is 789. The van der Waals surface area contributed by atoms with Crippen molar-refractivity contribution >= 4 is 16.9 Å². The third-order valence-electron chi connectivity index (χ3n) is 5.90. The molecule has 0 spiro atoms. The van der Waals surface area contributed by atoms with Crippen LogP contribution in [-0.4, -0.2) is 21.7 Å². The van der Waals surface area contributed by atoms with Crippen molar-refractivity contribution in [2.45, 2.75) is 64.6 Å². The van der Waals surface area contributed by atoms with Crippen LogP contribution < -0.4 is 5.32 Å². The molecule has 0 radical (unpaired) electrons. The molecule has 2 N–H and O–H groups in total. The molecule has 2 aliphatic rings. The molecule has 0 bridgehead atoms. The average molecular weight is 340 g/mol. The van der Waals surface area contributed by atoms with Gasteiger partial charge >= 0.3 is 5.97 Å². The van der Waals surface area contributed by atoms with E-state index in [0.29, 0.717) is 12.3 Å². The smallest absolute Gasteiger partial charge is 0.321 e. The summed E-state index contributed by atoms with van der Waals surface area (Å²) in [6.07, 6.45) is 7.74. The molecule has 4 nitrogen and oxygen atoms in total. The van der Waals surface area contributed by atoms with Crippen molar-refractivity contribution in [3.05, 3.63) is 35.5 Å². The molecular formula is C21H28N2O2. The van der Waals surface area contributed by atoms with E-state index in [4.69, 9.17) is 0 Å². The van der Waals surface area contributed by atoms with E-state index in [-0.39, 0.29) is 6.04 Å². The lowest BCUT2D eigenvalue weighted by Crippen LogP contribution is -2.40. The highest BCUT2D eigenvalue weighted by Crippen LogP contribution is 2.37. The average Bonchev–Trinajstić information content (AvgIpc) is 2.78. The molecule has 0 unspecified atom stereocenters. The minimum Gasteiger partial charge on any atom is -0.480 e. The lowest BCUT2D eigenvalue weighted by atomic mass is 9.85. The van der Waals surface area contributed by atoms with Gasteiger partial charge in [0, 0.05) is 36.1 Å². The third kappa shape index (κ3) is 3.08. The summed E-state index contributed by atoms with van der Waals surface area (Å²) < 4.78 is 2.38. The molecule has 1 aliphatic heterocycles. The van der Waals surface area contributed by atoms with Crippen LogP contribution in [0, 0.1) is 11.8 Å². The normalized spacial score (nSPS) is 23.6. The summed E-state index contributed by atoms with van der Waals surface area (Å²) in [6, 6.07) is 6.11. The Morgan fingerprint density at radius 1 is 1.36 bits per heavy atom. The van der Waals surface area contributed by atoms with E-state index in [1.807, 2.05) is 0 Å². The van der Waals surface area contributed by atoms with Crippen LogP contribution in [0.15, 0.2) is 24.4 Å². The molecule has 25 heavy (non-hydrogen) atoms. The van der Waals surface area contributed by atoms with Gasteiger partial charge in [0.15, 0.2) is 0 Å². The van der Waals surface area contributed by atoms with Crippen LogP contribution in [0.25, 0.3) is 10.9 Å². The van der Waals surface area contributed by atoms with E-state index in [0.717, 1.165) is 18.9 Å². The molecular weight excluding hydrogens is 312 g/mol. The molecule has 2 heterocycles. The zero-order chi connectivity index (χ0) is 17.6. The Labute approximate surface area is 149 Å². The van der Waals surface area contributed by atoms with Crippen LogP contribution in [0.5, 0.6) is 0 Å². The van der Waals surface area contributed by atoms with Gasteiger partial charge in [0.2, 0.25) is 0 Å². The largest absolute Gasteiger partial charge is 0.480 e. The Morgan fingerprint density at radius 3 is 2.80 bits per heavy atom. The number of aromatic nitrogens is 1. The van der Waals surface area contributed by atoms with Crippen molar-refractivity contribution in [3.63, 3.8) is 0 Å². The second kappa shape index (κ2) is 6.49. The second-order valence-electron chi connectivity index (χ2n) is 8.29. The Balaban J connectivity index is 1.81. The number of carboxylic acids is 1. The summed E-state index contributed by atoms with van der Waals surface area (Å²) in [6.45, 7) is 5.47. The van der Waals surface area contributed by atoms with Crippen molar-refractivity contribution in [1.29, 1.82) is 0 Å². The number of nitrogens with zero attached hydrogens (tertiary/aromatic N) is 1. The summed E-state index contributed by atoms with van der Waals surface area (Å²) in [4.78, 5) is 11.8. The highest BCUT2D eigenvalue weighted by molar-refractivity contribution is 5.89. The van der Waals surface area contributed by atoms with E-state index in [9.17, 15) is 9.90 Å². The number of rotatable bonds is 5. The minimum absolute atomic E-state index is 0.102. The van der Waals surface area contributed by atoms with Gasteiger partial charge in [0.1, 0.15) is 6.04 Å². The van der Waals surface area contributed by atoms with Crippen LogP contribution in [0.3, 0.4) is 0 Å². The summed E-state index contributed by atoms with van der Waals surface area (Å²) in [5, 5.41) is 14.4. The van der Waals surface area contributed by atoms with Crippen LogP contribution in [0.2, 0.25) is 0 Å². The maximum atomic E-state index is 11.8. The molecule has 1 saturated carbocycles. The van der Waals surface area contributed by atoms with Crippen molar-refractivity contribution in [2.75, 3.05) is 0 Å². The lowest BCUT2D eigenvalue weighted by molar-refractivity contribution is -0.139. The van der Waals surface area contributed by atoms with Crippen molar-refractivity contribution < 1.29 is 9.90 Å². The Morgan fingerprint density at radius 2 is 2.16 bits per heavy atom. The van der Waals surface area contributed by atoms with Gasteiger partial charge in [0.05, 0.1) is 0 Å². The van der Waals surface area contributed by atoms with E-state index in [1.54, 1.807) is 0 Å². The first-order valence-corrected chi connectivity index (χ1v) is 9.62. The molecule has 2 atom stereocenters. The maximum absolute atomic E-state index is 11.8. The predicted octanol–water partition coefficient (Wildman–Crippen LogP) is 4.13. The maximum Gasteiger partial charge on any atom is 0.321 e. The minimum atomic E-state index is -0.749. The first kappa shape index (κ1) is 16.6. The van der Waals surface area contributed by atoms with E-state index >= 15 is 0 Å². The fourth-order valence-corrected chi connectivity index (χ4v) is 4.46. The van der Waals surface area contributed by atoms with Crippen LogP contribution >= 0.6 is 0 Å². The van der Waals surface area contributed by atoms with E-state index in [2.05, 4.69) is 48.1 Å². The van der Waals surface area contributed by atoms with Crippen molar-refractivity contribution in [1.82, 2.24) is 9.88 Å². The van der Waals surface area contributed by atoms with Crippen LogP contribution in [0.1, 0.15) is 56.7 Å². The van der Waals surface area contributed by atoms with Gasteiger partial charge in [0.25, 0.3) is 0 Å². The zero-order valence-corrected chi connectivity index (χ0v) is 15.2. The van der Waals surface area contributed by atoms with Crippen LogP contribution in [0.4, 0.5) is 0 Å². The monoisotopic (exact) mass is 340 g/mol. The second-order valence-corrected chi connectivity index (χ2v) is 8.29. The summed E-state index contributed by atoms with van der Waals surface area (Å²) in [5.41, 5.74) is 3.74. The molecule has 1 fully saturated rings. The van der Waals surface area contributed by atoms with Gasteiger partial charge in [-0.15, -0.1) is 0 Å². The van der Waals surface area contributed by atoms with Crippen molar-refractivity contribution in [2.24, 2.45) is 11.8 Å². The third-order valence-corrected chi connectivity index (χ3v) is 5.90. The quantitative estimate of drug-likeness (QED) is 0.860. The molecule has 0 amide bonds. The Kier molecular flexibility index (Phi) is 4.32. The fraction of sp³-hybridized carbons (Fsp3) is 0.571. The number of hydrogen-bond acceptors (Lipinski definition) is 2.